The number of likely N-dealkylation sites (tertiary alicyclic amines) is 2. The summed E-state index contributed by atoms with van der Waals surface area (Å²) >= 11 is 0. The lowest BCUT2D eigenvalue weighted by Crippen LogP contribution is -2.64. The summed E-state index contributed by atoms with van der Waals surface area (Å²) in [7, 11) is 7.70. The summed E-state index contributed by atoms with van der Waals surface area (Å²) in [6, 6.07) is 34.4. The van der Waals surface area contributed by atoms with Crippen LogP contribution in [0.4, 0.5) is 5.69 Å². The van der Waals surface area contributed by atoms with Crippen LogP contribution in [-0.2, 0) is 14.4 Å². The van der Waals surface area contributed by atoms with Crippen LogP contribution < -0.4 is 10.2 Å². The van der Waals surface area contributed by atoms with Crippen molar-refractivity contribution in [1.82, 2.24) is 34.1 Å². The summed E-state index contributed by atoms with van der Waals surface area (Å²) in [5.41, 5.74) is 13.5. The van der Waals surface area contributed by atoms with Gasteiger partial charge in [0, 0.05) is 48.1 Å². The first-order chi connectivity index (χ1) is 27.6. The Kier molecular flexibility index (Phi) is 10.4. The molecule has 4 aromatic carbocycles. The molecule has 0 bridgehead atoms. The van der Waals surface area contributed by atoms with Gasteiger partial charge in [0.25, 0.3) is 5.91 Å². The lowest BCUT2D eigenvalue weighted by Gasteiger charge is -2.39. The number of amides is 3. The minimum absolute atomic E-state index is 0.0580. The lowest BCUT2D eigenvalue weighted by molar-refractivity contribution is -0.140. The highest BCUT2D eigenvalue weighted by atomic mass is 16.2. The van der Waals surface area contributed by atoms with E-state index in [1.807, 2.05) is 128 Å². The number of benzene rings is 4. The number of fused-ring (bicyclic) bond motifs is 1. The molecule has 0 saturated carbocycles. The number of quaternary nitrogens is 1. The Morgan fingerprint density at radius 1 is 0.754 bits per heavy atom. The zero-order valence-corrected chi connectivity index (χ0v) is 33.1. The fraction of sp³-hybridized carbons (Fsp3) is 0.304. The van der Waals surface area contributed by atoms with Gasteiger partial charge in [0.05, 0.1) is 24.5 Å². The van der Waals surface area contributed by atoms with Crippen molar-refractivity contribution in [1.29, 1.82) is 0 Å². The van der Waals surface area contributed by atoms with Crippen molar-refractivity contribution < 1.29 is 14.4 Å². The average molecular weight is 764 g/mol. The highest BCUT2D eigenvalue weighted by Crippen LogP contribution is 2.41. The number of carbonyl (C=O) groups is 3. The first kappa shape index (κ1) is 38.0. The van der Waals surface area contributed by atoms with E-state index in [-0.39, 0.29) is 28.4 Å². The van der Waals surface area contributed by atoms with Crippen LogP contribution in [0, 0.1) is 0 Å². The van der Waals surface area contributed by atoms with Gasteiger partial charge in [-0.1, -0.05) is 84.9 Å². The molecule has 4 heterocycles. The molecule has 8 rings (SSSR count). The van der Waals surface area contributed by atoms with E-state index in [0.717, 1.165) is 75.3 Å². The van der Waals surface area contributed by atoms with Crippen LogP contribution >= 0.6 is 0 Å². The van der Waals surface area contributed by atoms with Crippen molar-refractivity contribution in [3.63, 3.8) is 0 Å². The Labute approximate surface area is 333 Å². The Morgan fingerprint density at radius 2 is 1.39 bits per heavy atom. The second-order valence-corrected chi connectivity index (χ2v) is 15.9. The standard InChI is InChI=1S/C46H50N8O3/c1-51(2)41(32-13-7-5-8-14-32)45(56)53-25-11-17-39(53)44-48-29-38(50-44)31-21-19-30(20-22-31)37-28-34-27-35(23-24-36(34)49-37)54(26-12-18-40(54)43(47)55)46(57)42(52(3)4)33-15-9-6-10-16-33/h5-10,13-16,19-24,27-29,39-42,49H,11-12,17-18,25-26H2,1-4H3,(H2-,47,48,50,55)/p+1/t39-,40-,41-,42-,54?/m0/s1. The number of primary amides is 1. The number of H-pyrrole nitrogens is 2. The molecule has 3 amide bonds. The number of imidazole rings is 1. The number of nitrogens with two attached hydrogens (primary N) is 1. The zero-order valence-electron chi connectivity index (χ0n) is 33.1. The highest BCUT2D eigenvalue weighted by Gasteiger charge is 2.55. The number of aromatic amines is 2. The third-order valence-corrected chi connectivity index (χ3v) is 12.0. The molecule has 2 aliphatic heterocycles. The summed E-state index contributed by atoms with van der Waals surface area (Å²) in [6.45, 7) is 1.20. The van der Waals surface area contributed by atoms with Gasteiger partial charge >= 0.3 is 5.91 Å². The van der Waals surface area contributed by atoms with Crippen LogP contribution in [0.2, 0.25) is 0 Å². The molecule has 2 fully saturated rings. The lowest BCUT2D eigenvalue weighted by atomic mass is 10.00. The maximum absolute atomic E-state index is 14.9. The van der Waals surface area contributed by atoms with E-state index in [9.17, 15) is 14.4 Å². The maximum atomic E-state index is 14.9. The average Bonchev–Trinajstić information content (AvgIpc) is 4.04. The molecule has 0 aliphatic carbocycles. The number of carbonyl (C=O) groups excluding carboxylic acids is 3. The summed E-state index contributed by atoms with van der Waals surface area (Å²) in [6.07, 6.45) is 4.91. The summed E-state index contributed by atoms with van der Waals surface area (Å²) < 4.78 is -0.111. The molecule has 0 radical (unpaired) electrons. The van der Waals surface area contributed by atoms with Crippen molar-refractivity contribution in [3.8, 4) is 22.5 Å². The van der Waals surface area contributed by atoms with Crippen LogP contribution in [-0.4, -0.2) is 94.7 Å². The van der Waals surface area contributed by atoms with Gasteiger partial charge in [0.1, 0.15) is 17.6 Å². The second-order valence-electron chi connectivity index (χ2n) is 15.9. The van der Waals surface area contributed by atoms with E-state index < -0.39 is 18.0 Å². The molecule has 2 aliphatic rings. The number of rotatable bonds is 11. The molecule has 5 atom stereocenters. The minimum atomic E-state index is -0.656. The van der Waals surface area contributed by atoms with Crippen molar-refractivity contribution in [2.75, 3.05) is 41.3 Å². The van der Waals surface area contributed by atoms with Crippen molar-refractivity contribution in [2.24, 2.45) is 5.73 Å². The van der Waals surface area contributed by atoms with Crippen LogP contribution in [0.25, 0.3) is 33.4 Å². The monoisotopic (exact) mass is 763 g/mol. The third-order valence-electron chi connectivity index (χ3n) is 12.0. The summed E-state index contributed by atoms with van der Waals surface area (Å²) in [4.78, 5) is 59.6. The van der Waals surface area contributed by atoms with E-state index in [1.165, 1.54) is 0 Å². The molecule has 292 valence electrons. The fourth-order valence-corrected chi connectivity index (χ4v) is 9.26. The van der Waals surface area contributed by atoms with Crippen LogP contribution in [0.15, 0.2) is 115 Å². The first-order valence-corrected chi connectivity index (χ1v) is 19.8. The Bertz CT molecular complexity index is 2390. The molecule has 57 heavy (non-hydrogen) atoms. The molecule has 2 saturated heterocycles. The molecule has 4 N–H and O–H groups in total. The molecular formula is C46H51N8O3+. The Morgan fingerprint density at radius 3 is 2.02 bits per heavy atom. The van der Waals surface area contributed by atoms with Crippen molar-refractivity contribution in [3.05, 3.63) is 132 Å². The number of nitrogens with zero attached hydrogens (tertiary/aromatic N) is 5. The quantitative estimate of drug-likeness (QED) is 0.122. The predicted octanol–water partition coefficient (Wildman–Crippen LogP) is 6.98. The molecule has 2 aromatic heterocycles. The molecular weight excluding hydrogens is 713 g/mol. The number of hydrogen-bond donors (Lipinski definition) is 3. The predicted molar refractivity (Wildman–Crippen MR) is 225 cm³/mol. The van der Waals surface area contributed by atoms with Crippen LogP contribution in [0.1, 0.15) is 60.8 Å². The van der Waals surface area contributed by atoms with E-state index >= 15 is 0 Å². The number of aromatic nitrogens is 3. The van der Waals surface area contributed by atoms with Gasteiger partial charge in [-0.05, 0) is 75.4 Å². The number of likely N-dealkylation sites (N-methyl/N-ethyl adjacent to an activating group) is 2. The van der Waals surface area contributed by atoms with Gasteiger partial charge in [0.15, 0.2) is 12.1 Å². The first-order valence-electron chi connectivity index (χ1n) is 19.8. The Balaban J connectivity index is 1.05. The summed E-state index contributed by atoms with van der Waals surface area (Å²) in [5.74, 6) is 0.370. The zero-order chi connectivity index (χ0) is 39.8. The molecule has 6 aromatic rings. The van der Waals surface area contributed by atoms with Gasteiger partial charge in [-0.2, -0.15) is 0 Å². The molecule has 11 nitrogen and oxygen atoms in total. The Hall–Kier alpha value is -5.88. The summed E-state index contributed by atoms with van der Waals surface area (Å²) in [5, 5.41) is 0.950. The SMILES string of the molecule is CN(C)[C@H](C(=O)N1CCC[C@H]1c1ncc(-c2ccc(-c3cc4cc([N+]5(C(=O)[C@H](c6ccccc6)N(C)C)CCC[C@H]5C(N)=O)ccc4[nH]3)cc2)[nH]1)c1ccccc1. The van der Waals surface area contributed by atoms with Gasteiger partial charge in [-0.3, -0.25) is 19.4 Å². The van der Waals surface area contributed by atoms with Crippen LogP contribution in [0.3, 0.4) is 0 Å². The van der Waals surface area contributed by atoms with Crippen molar-refractivity contribution in [2.45, 2.75) is 49.9 Å². The van der Waals surface area contributed by atoms with E-state index in [1.54, 1.807) is 0 Å². The fourth-order valence-electron chi connectivity index (χ4n) is 9.26. The molecule has 0 spiro atoms. The smallest absolute Gasteiger partial charge is 0.341 e. The largest absolute Gasteiger partial charge is 0.364 e. The van der Waals surface area contributed by atoms with Crippen LogP contribution in [0.5, 0.6) is 0 Å². The van der Waals surface area contributed by atoms with Gasteiger partial charge in [-0.25, -0.2) is 14.3 Å². The van der Waals surface area contributed by atoms with E-state index in [0.29, 0.717) is 19.5 Å². The number of nitrogens with one attached hydrogen (secondary N) is 2. The third kappa shape index (κ3) is 6.96. The second kappa shape index (κ2) is 15.6. The minimum Gasteiger partial charge on any atom is -0.364 e. The molecule has 1 unspecified atom stereocenters. The topological polar surface area (TPSA) is 131 Å². The number of hydrogen-bond acceptors (Lipinski definition) is 6. The normalized spacial score (nSPS) is 20.7. The van der Waals surface area contributed by atoms with Gasteiger partial charge < -0.3 is 20.6 Å². The van der Waals surface area contributed by atoms with Crippen molar-refractivity contribution >= 4 is 34.3 Å². The van der Waals surface area contributed by atoms with E-state index in [4.69, 9.17) is 10.7 Å². The molecule has 11 heteroatoms. The van der Waals surface area contributed by atoms with E-state index in [2.05, 4.69) is 40.3 Å². The maximum Gasteiger partial charge on any atom is 0.341 e. The van der Waals surface area contributed by atoms with Gasteiger partial charge in [-0.15, -0.1) is 0 Å². The highest BCUT2D eigenvalue weighted by molar-refractivity contribution is 6.01. The van der Waals surface area contributed by atoms with Gasteiger partial charge in [0.2, 0.25) is 5.91 Å².